The minimum Gasteiger partial charge on any atom is -0.462 e. The summed E-state index contributed by atoms with van der Waals surface area (Å²) in [5.41, 5.74) is 0. The average Bonchev–Trinajstić information content (AvgIpc) is 3.43. The summed E-state index contributed by atoms with van der Waals surface area (Å²) < 4.78 is 17.0. The largest absolute Gasteiger partial charge is 0.462 e. The van der Waals surface area contributed by atoms with Gasteiger partial charge in [0, 0.05) is 19.3 Å². The Kier molecular flexibility index (Phi) is 65.1. The van der Waals surface area contributed by atoms with Crippen molar-refractivity contribution in [2.45, 2.75) is 412 Å². The number of ether oxygens (including phenoxy) is 3. The molecule has 0 heterocycles. The highest BCUT2D eigenvalue weighted by Gasteiger charge is 2.19. The molecule has 0 N–H and O–H groups in total. The first-order chi connectivity index (χ1) is 38.0. The summed E-state index contributed by atoms with van der Waals surface area (Å²) in [6.07, 6.45) is 79.4. The standard InChI is InChI=1S/C71H136O6/c1-4-7-10-13-16-19-22-25-28-31-34-37-40-43-46-49-52-55-58-61-64-70(73)76-67-68(66-75-69(72)63-60-57-54-51-48-45-42-39-36-33-30-27-24-21-18-15-12-9-6-3)77-71(74)65-62-59-56-53-50-47-44-41-38-35-32-29-26-23-20-17-14-11-8-5-2/h27,30,68H,4-26,28-29,31-67H2,1-3H3/b30-27-. The number of hydrogen-bond donors (Lipinski definition) is 0. The monoisotopic (exact) mass is 1090 g/mol. The molecule has 0 aromatic heterocycles. The van der Waals surface area contributed by atoms with Gasteiger partial charge in [0.25, 0.3) is 0 Å². The maximum atomic E-state index is 13.0. The molecule has 0 radical (unpaired) electrons. The third-order valence-electron chi connectivity index (χ3n) is 16.3. The summed E-state index contributed by atoms with van der Waals surface area (Å²) in [4.78, 5) is 38.5. The fraction of sp³-hybridized carbons (Fsp3) is 0.930. The summed E-state index contributed by atoms with van der Waals surface area (Å²) in [5.74, 6) is -0.828. The molecule has 0 saturated heterocycles. The molecule has 0 bridgehead atoms. The molecule has 0 saturated carbocycles. The van der Waals surface area contributed by atoms with Gasteiger partial charge in [0.1, 0.15) is 13.2 Å². The minimum atomic E-state index is -0.767. The lowest BCUT2D eigenvalue weighted by Gasteiger charge is -2.18. The molecule has 0 aliphatic rings. The highest BCUT2D eigenvalue weighted by Crippen LogP contribution is 2.19. The molecule has 456 valence electrons. The van der Waals surface area contributed by atoms with Crippen LogP contribution >= 0.6 is 0 Å². The summed E-state index contributed by atoms with van der Waals surface area (Å²) in [5, 5.41) is 0. The van der Waals surface area contributed by atoms with Gasteiger partial charge in [-0.2, -0.15) is 0 Å². The normalized spacial score (nSPS) is 12.0. The molecule has 77 heavy (non-hydrogen) atoms. The van der Waals surface area contributed by atoms with E-state index in [9.17, 15) is 14.4 Å². The maximum Gasteiger partial charge on any atom is 0.306 e. The lowest BCUT2D eigenvalue weighted by Crippen LogP contribution is -2.30. The minimum absolute atomic E-state index is 0.0632. The van der Waals surface area contributed by atoms with Crippen molar-refractivity contribution in [3.05, 3.63) is 12.2 Å². The zero-order valence-electron chi connectivity index (χ0n) is 52.5. The van der Waals surface area contributed by atoms with Crippen molar-refractivity contribution in [2.24, 2.45) is 0 Å². The van der Waals surface area contributed by atoms with E-state index >= 15 is 0 Å². The van der Waals surface area contributed by atoms with E-state index in [2.05, 4.69) is 32.9 Å². The predicted octanol–water partition coefficient (Wildman–Crippen LogP) is 24.0. The second kappa shape index (κ2) is 66.7. The Morgan fingerprint density at radius 3 is 0.649 bits per heavy atom. The molecule has 1 unspecified atom stereocenters. The molecule has 0 aliphatic carbocycles. The molecule has 0 aromatic carbocycles. The van der Waals surface area contributed by atoms with E-state index in [4.69, 9.17) is 14.2 Å². The van der Waals surface area contributed by atoms with Crippen LogP contribution < -0.4 is 0 Å². The third kappa shape index (κ3) is 64.9. The number of hydrogen-bond acceptors (Lipinski definition) is 6. The SMILES string of the molecule is CCCCCCCC/C=C\CCCCCCCCCCCC(=O)OCC(COC(=O)CCCCCCCCCCCCCCCCCCCCCC)OC(=O)CCCCCCCCCCCCCCCCCCCCCC. The fourth-order valence-electron chi connectivity index (χ4n) is 11.0. The molecule has 0 spiro atoms. The number of esters is 3. The Morgan fingerprint density at radius 2 is 0.429 bits per heavy atom. The summed E-state index contributed by atoms with van der Waals surface area (Å²) in [7, 11) is 0. The third-order valence-corrected chi connectivity index (χ3v) is 16.3. The van der Waals surface area contributed by atoms with E-state index < -0.39 is 6.10 Å². The van der Waals surface area contributed by atoms with E-state index in [1.165, 1.54) is 308 Å². The Balaban J connectivity index is 4.29. The predicted molar refractivity (Wildman–Crippen MR) is 335 cm³/mol. The van der Waals surface area contributed by atoms with Gasteiger partial charge < -0.3 is 14.2 Å². The topological polar surface area (TPSA) is 78.9 Å². The van der Waals surface area contributed by atoms with Crippen LogP contribution in [0.4, 0.5) is 0 Å². The van der Waals surface area contributed by atoms with Gasteiger partial charge in [-0.1, -0.05) is 354 Å². The summed E-state index contributed by atoms with van der Waals surface area (Å²) in [6, 6.07) is 0. The summed E-state index contributed by atoms with van der Waals surface area (Å²) >= 11 is 0. The Bertz CT molecular complexity index is 1200. The first kappa shape index (κ1) is 75.2. The van der Waals surface area contributed by atoms with E-state index in [0.29, 0.717) is 19.3 Å². The number of allylic oxidation sites excluding steroid dienone is 2. The Morgan fingerprint density at radius 1 is 0.247 bits per heavy atom. The second-order valence-corrected chi connectivity index (χ2v) is 24.2. The number of unbranched alkanes of at least 4 members (excludes halogenated alkanes) is 53. The summed E-state index contributed by atoms with van der Waals surface area (Å²) in [6.45, 7) is 6.73. The highest BCUT2D eigenvalue weighted by molar-refractivity contribution is 5.71. The molecule has 0 aliphatic heterocycles. The van der Waals surface area contributed by atoms with Crippen LogP contribution in [0.5, 0.6) is 0 Å². The van der Waals surface area contributed by atoms with Crippen LogP contribution in [0.25, 0.3) is 0 Å². The van der Waals surface area contributed by atoms with Crippen LogP contribution in [0.1, 0.15) is 406 Å². The van der Waals surface area contributed by atoms with Crippen molar-refractivity contribution in [3.8, 4) is 0 Å². The molecule has 0 rings (SSSR count). The lowest BCUT2D eigenvalue weighted by molar-refractivity contribution is -0.167. The van der Waals surface area contributed by atoms with Crippen LogP contribution in [0.2, 0.25) is 0 Å². The number of carbonyl (C=O) groups is 3. The lowest BCUT2D eigenvalue weighted by atomic mass is 10.0. The van der Waals surface area contributed by atoms with E-state index in [-0.39, 0.29) is 31.1 Å². The zero-order chi connectivity index (χ0) is 55.7. The van der Waals surface area contributed by atoms with Gasteiger partial charge in [0.15, 0.2) is 6.10 Å². The van der Waals surface area contributed by atoms with Gasteiger partial charge >= 0.3 is 17.9 Å². The van der Waals surface area contributed by atoms with E-state index in [1.54, 1.807) is 0 Å². The van der Waals surface area contributed by atoms with Gasteiger partial charge in [0.2, 0.25) is 0 Å². The molecule has 0 aromatic rings. The van der Waals surface area contributed by atoms with Crippen LogP contribution in [0, 0.1) is 0 Å². The second-order valence-electron chi connectivity index (χ2n) is 24.2. The van der Waals surface area contributed by atoms with Crippen molar-refractivity contribution >= 4 is 17.9 Å². The molecule has 0 amide bonds. The van der Waals surface area contributed by atoms with Crippen LogP contribution in [0.15, 0.2) is 12.2 Å². The smallest absolute Gasteiger partial charge is 0.306 e. The van der Waals surface area contributed by atoms with Crippen molar-refractivity contribution in [1.29, 1.82) is 0 Å². The molecule has 0 fully saturated rings. The van der Waals surface area contributed by atoms with Crippen LogP contribution in [-0.4, -0.2) is 37.2 Å². The van der Waals surface area contributed by atoms with Gasteiger partial charge in [-0.25, -0.2) is 0 Å². The Labute approximate surface area is 481 Å². The average molecular weight is 1090 g/mol. The molecule has 6 heteroatoms. The van der Waals surface area contributed by atoms with Crippen molar-refractivity contribution in [3.63, 3.8) is 0 Å². The van der Waals surface area contributed by atoms with Gasteiger partial charge in [0.05, 0.1) is 0 Å². The van der Waals surface area contributed by atoms with Gasteiger partial charge in [-0.3, -0.25) is 14.4 Å². The van der Waals surface area contributed by atoms with Crippen molar-refractivity contribution in [1.82, 2.24) is 0 Å². The van der Waals surface area contributed by atoms with Gasteiger partial charge in [-0.05, 0) is 44.9 Å². The van der Waals surface area contributed by atoms with E-state index in [1.807, 2.05) is 0 Å². The first-order valence-electron chi connectivity index (χ1n) is 35.2. The van der Waals surface area contributed by atoms with Crippen molar-refractivity contribution in [2.75, 3.05) is 13.2 Å². The van der Waals surface area contributed by atoms with Crippen molar-refractivity contribution < 1.29 is 28.6 Å². The fourth-order valence-corrected chi connectivity index (χ4v) is 11.0. The molecule has 6 nitrogen and oxygen atoms in total. The van der Waals surface area contributed by atoms with Gasteiger partial charge in [-0.15, -0.1) is 0 Å². The first-order valence-corrected chi connectivity index (χ1v) is 35.2. The Hall–Kier alpha value is -1.85. The molecular formula is C71H136O6. The van der Waals surface area contributed by atoms with Crippen LogP contribution in [0.3, 0.4) is 0 Å². The van der Waals surface area contributed by atoms with Crippen LogP contribution in [-0.2, 0) is 28.6 Å². The maximum absolute atomic E-state index is 13.0. The zero-order valence-corrected chi connectivity index (χ0v) is 52.5. The number of rotatable bonds is 66. The quantitative estimate of drug-likeness (QED) is 0.0261. The number of carbonyl (C=O) groups excluding carboxylic acids is 3. The highest BCUT2D eigenvalue weighted by atomic mass is 16.6. The molecule has 1 atom stereocenters. The molecular weight excluding hydrogens is 949 g/mol. The van der Waals surface area contributed by atoms with E-state index in [0.717, 1.165) is 57.8 Å².